The fraction of sp³-hybridized carbons (Fsp3) is 0.207. The van der Waals surface area contributed by atoms with Crippen LogP contribution < -0.4 is 9.47 Å². The number of carbonyl (C=O) groups is 3. The van der Waals surface area contributed by atoms with Gasteiger partial charge in [0.15, 0.2) is 11.5 Å². The van der Waals surface area contributed by atoms with Gasteiger partial charge in [-0.15, -0.1) is 0 Å². The van der Waals surface area contributed by atoms with Crippen molar-refractivity contribution < 1.29 is 28.2 Å². The molecule has 7 nitrogen and oxygen atoms in total. The van der Waals surface area contributed by atoms with Gasteiger partial charge in [-0.05, 0) is 59.1 Å². The van der Waals surface area contributed by atoms with Crippen molar-refractivity contribution in [3.8, 4) is 11.5 Å². The van der Waals surface area contributed by atoms with Crippen molar-refractivity contribution in [2.45, 2.75) is 19.6 Å². The first-order valence-electron chi connectivity index (χ1n) is 12.2. The standard InChI is InChI=1S/C29H24ClFN2O5S/c1-37-24-13-18(12-22(30)27(24)38-17-21-8-4-5-9-23(21)31)14-25-28(35)33(29(36)39-25)16-26(34)32-11-10-19-6-2-3-7-20(19)15-32/h2-9,12-14H,10-11,15-17H2,1H3/b25-14-. The molecule has 5 rings (SSSR count). The number of thioether (sulfide) groups is 1. The molecular weight excluding hydrogens is 543 g/mol. The van der Waals surface area contributed by atoms with Crippen molar-refractivity contribution in [3.63, 3.8) is 0 Å². The summed E-state index contributed by atoms with van der Waals surface area (Å²) < 4.78 is 25.1. The van der Waals surface area contributed by atoms with Crippen molar-refractivity contribution in [2.24, 2.45) is 0 Å². The Labute approximate surface area is 234 Å². The van der Waals surface area contributed by atoms with E-state index in [2.05, 4.69) is 0 Å². The van der Waals surface area contributed by atoms with Crippen LogP contribution in [0.2, 0.25) is 5.02 Å². The second-order valence-electron chi connectivity index (χ2n) is 9.02. The van der Waals surface area contributed by atoms with E-state index in [-0.39, 0.29) is 40.5 Å². The molecule has 0 aromatic heterocycles. The Balaban J connectivity index is 1.28. The predicted octanol–water partition coefficient (Wildman–Crippen LogP) is 5.69. The van der Waals surface area contributed by atoms with E-state index >= 15 is 0 Å². The third-order valence-corrected chi connectivity index (χ3v) is 7.72. The number of amides is 3. The van der Waals surface area contributed by atoms with Crippen LogP contribution in [0.15, 0.2) is 65.6 Å². The van der Waals surface area contributed by atoms with Crippen molar-refractivity contribution in [1.29, 1.82) is 0 Å². The largest absolute Gasteiger partial charge is 0.493 e. The molecule has 2 aliphatic heterocycles. The molecule has 1 saturated heterocycles. The van der Waals surface area contributed by atoms with Gasteiger partial charge in [-0.2, -0.15) is 0 Å². The van der Waals surface area contributed by atoms with E-state index < -0.39 is 17.0 Å². The summed E-state index contributed by atoms with van der Waals surface area (Å²) in [6.07, 6.45) is 2.24. The first-order chi connectivity index (χ1) is 18.8. The van der Waals surface area contributed by atoms with Crippen molar-refractivity contribution in [2.75, 3.05) is 20.2 Å². The van der Waals surface area contributed by atoms with E-state index in [0.29, 0.717) is 24.2 Å². The molecule has 0 N–H and O–H groups in total. The molecule has 3 aromatic rings. The Kier molecular flexibility index (Phi) is 7.90. The molecule has 3 aromatic carbocycles. The molecule has 0 bridgehead atoms. The van der Waals surface area contributed by atoms with Crippen LogP contribution in [0.1, 0.15) is 22.3 Å². The van der Waals surface area contributed by atoms with E-state index in [0.717, 1.165) is 28.6 Å². The van der Waals surface area contributed by atoms with Gasteiger partial charge >= 0.3 is 0 Å². The molecule has 0 unspecified atom stereocenters. The van der Waals surface area contributed by atoms with E-state index in [1.54, 1.807) is 35.2 Å². The fourth-order valence-electron chi connectivity index (χ4n) is 4.46. The van der Waals surface area contributed by atoms with E-state index in [1.165, 1.54) is 24.8 Å². The van der Waals surface area contributed by atoms with Crippen LogP contribution >= 0.6 is 23.4 Å². The Bertz CT molecular complexity index is 1490. The molecule has 1 fully saturated rings. The normalized spacial score (nSPS) is 16.0. The lowest BCUT2D eigenvalue weighted by Crippen LogP contribution is -2.44. The van der Waals surface area contributed by atoms with Gasteiger partial charge in [0, 0.05) is 18.7 Å². The first-order valence-corrected chi connectivity index (χ1v) is 13.4. The lowest BCUT2D eigenvalue weighted by atomic mass is 10.00. The monoisotopic (exact) mass is 566 g/mol. The van der Waals surface area contributed by atoms with Crippen LogP contribution in [0.25, 0.3) is 6.08 Å². The number of hydrogen-bond acceptors (Lipinski definition) is 6. The molecule has 39 heavy (non-hydrogen) atoms. The molecule has 0 saturated carbocycles. The number of hydrogen-bond donors (Lipinski definition) is 0. The summed E-state index contributed by atoms with van der Waals surface area (Å²) in [4.78, 5) is 41.4. The number of halogens is 2. The Hall–Kier alpha value is -3.82. The molecule has 3 amide bonds. The molecule has 2 heterocycles. The second-order valence-corrected chi connectivity index (χ2v) is 10.4. The van der Waals surface area contributed by atoms with Crippen LogP contribution in [-0.2, 0) is 29.2 Å². The lowest BCUT2D eigenvalue weighted by Gasteiger charge is -2.29. The number of nitrogens with zero attached hydrogens (tertiary/aromatic N) is 2. The molecule has 0 atom stereocenters. The molecule has 0 aliphatic carbocycles. The molecule has 0 radical (unpaired) electrons. The zero-order chi connectivity index (χ0) is 27.5. The molecule has 200 valence electrons. The van der Waals surface area contributed by atoms with Gasteiger partial charge < -0.3 is 14.4 Å². The van der Waals surface area contributed by atoms with Crippen molar-refractivity contribution in [3.05, 3.63) is 98.7 Å². The summed E-state index contributed by atoms with van der Waals surface area (Å²) in [5, 5.41) is -0.323. The minimum absolute atomic E-state index is 0.0579. The van der Waals surface area contributed by atoms with Gasteiger partial charge in [-0.25, -0.2) is 4.39 Å². The highest BCUT2D eigenvalue weighted by atomic mass is 35.5. The number of carbonyl (C=O) groups excluding carboxylic acids is 3. The van der Waals surface area contributed by atoms with Crippen LogP contribution in [0.3, 0.4) is 0 Å². The number of benzene rings is 3. The average Bonchev–Trinajstić information content (AvgIpc) is 3.19. The number of methoxy groups -OCH3 is 1. The third-order valence-electron chi connectivity index (χ3n) is 6.53. The summed E-state index contributed by atoms with van der Waals surface area (Å²) in [5.74, 6) is -0.727. The summed E-state index contributed by atoms with van der Waals surface area (Å²) in [5.41, 5.74) is 3.13. The van der Waals surface area contributed by atoms with Crippen molar-refractivity contribution >= 4 is 46.5 Å². The maximum absolute atomic E-state index is 14.0. The summed E-state index contributed by atoms with van der Waals surface area (Å²) in [6.45, 7) is 0.602. The number of fused-ring (bicyclic) bond motifs is 1. The summed E-state index contributed by atoms with van der Waals surface area (Å²) >= 11 is 7.20. The van der Waals surface area contributed by atoms with Crippen LogP contribution in [-0.4, -0.2) is 47.1 Å². The highest BCUT2D eigenvalue weighted by Crippen LogP contribution is 2.39. The molecular formula is C29H24ClFN2O5S. The smallest absolute Gasteiger partial charge is 0.294 e. The zero-order valence-electron chi connectivity index (χ0n) is 21.0. The highest BCUT2D eigenvalue weighted by Gasteiger charge is 2.37. The fourth-order valence-corrected chi connectivity index (χ4v) is 5.57. The van der Waals surface area contributed by atoms with Gasteiger partial charge in [0.05, 0.1) is 17.0 Å². The Morgan fingerprint density at radius 3 is 2.62 bits per heavy atom. The van der Waals surface area contributed by atoms with E-state index in [9.17, 15) is 18.8 Å². The summed E-state index contributed by atoms with van der Waals surface area (Å²) in [7, 11) is 1.43. The van der Waals surface area contributed by atoms with Crippen molar-refractivity contribution in [1.82, 2.24) is 9.80 Å². The van der Waals surface area contributed by atoms with Crippen LogP contribution in [0, 0.1) is 5.82 Å². The third kappa shape index (κ3) is 5.79. The van der Waals surface area contributed by atoms with Crippen LogP contribution in [0.4, 0.5) is 9.18 Å². The Morgan fingerprint density at radius 2 is 1.85 bits per heavy atom. The quantitative estimate of drug-likeness (QED) is 0.342. The van der Waals surface area contributed by atoms with Gasteiger partial charge in [-0.3, -0.25) is 19.3 Å². The molecule has 10 heteroatoms. The van der Waals surface area contributed by atoms with Gasteiger partial charge in [-0.1, -0.05) is 54.1 Å². The van der Waals surface area contributed by atoms with E-state index in [4.69, 9.17) is 21.1 Å². The van der Waals surface area contributed by atoms with Crippen LogP contribution in [0.5, 0.6) is 11.5 Å². The molecule has 2 aliphatic rings. The predicted molar refractivity (Wildman–Crippen MR) is 147 cm³/mol. The van der Waals surface area contributed by atoms with Gasteiger partial charge in [0.1, 0.15) is 19.0 Å². The minimum atomic E-state index is -0.550. The SMILES string of the molecule is COc1cc(/C=C2\SC(=O)N(CC(=O)N3CCc4ccccc4C3)C2=O)cc(Cl)c1OCc1ccccc1F. The number of rotatable bonds is 7. The second kappa shape index (κ2) is 11.5. The maximum Gasteiger partial charge on any atom is 0.294 e. The summed E-state index contributed by atoms with van der Waals surface area (Å²) in [6, 6.07) is 17.3. The topological polar surface area (TPSA) is 76.2 Å². The lowest BCUT2D eigenvalue weighted by molar-refractivity contribution is -0.136. The maximum atomic E-state index is 14.0. The number of imide groups is 1. The van der Waals surface area contributed by atoms with E-state index in [1.807, 2.05) is 24.3 Å². The highest BCUT2D eigenvalue weighted by molar-refractivity contribution is 8.18. The number of ether oxygens (including phenoxy) is 2. The van der Waals surface area contributed by atoms with Gasteiger partial charge in [0.25, 0.3) is 11.1 Å². The molecule has 0 spiro atoms. The first kappa shape index (κ1) is 26.8. The zero-order valence-corrected chi connectivity index (χ0v) is 22.6. The Morgan fingerprint density at radius 1 is 1.10 bits per heavy atom. The average molecular weight is 567 g/mol. The van der Waals surface area contributed by atoms with Gasteiger partial charge in [0.2, 0.25) is 5.91 Å². The minimum Gasteiger partial charge on any atom is -0.493 e.